The molecule has 0 bridgehead atoms. The molecule has 21 heteroatoms. The summed E-state index contributed by atoms with van der Waals surface area (Å²) in [5.74, 6) is -3.94. The second kappa shape index (κ2) is 26.9. The van der Waals surface area contributed by atoms with Crippen molar-refractivity contribution in [3.05, 3.63) is 146 Å². The van der Waals surface area contributed by atoms with Crippen molar-refractivity contribution in [3.63, 3.8) is 0 Å². The van der Waals surface area contributed by atoms with E-state index in [1.54, 1.807) is 76.8 Å². The third-order valence-corrected chi connectivity index (χ3v) is 16.3. The fourth-order valence-electron chi connectivity index (χ4n) is 11.6. The first-order valence-electron chi connectivity index (χ1n) is 29.2. The molecule has 9 rings (SSSR count). The molecule has 0 radical (unpaired) electrons. The van der Waals surface area contributed by atoms with Crippen LogP contribution in [0.4, 0.5) is 18.0 Å². The molecule has 4 aliphatic rings. The predicted molar refractivity (Wildman–Crippen MR) is 308 cm³/mol. The van der Waals surface area contributed by atoms with Crippen molar-refractivity contribution in [2.45, 2.75) is 116 Å². The molecule has 0 aliphatic carbocycles. The summed E-state index contributed by atoms with van der Waals surface area (Å²) in [6.07, 6.45) is 3.68. The molecule has 5 heterocycles. The first-order valence-corrected chi connectivity index (χ1v) is 29.2. The van der Waals surface area contributed by atoms with E-state index in [-0.39, 0.29) is 104 Å². The Hall–Kier alpha value is -7.65. The van der Waals surface area contributed by atoms with Crippen molar-refractivity contribution in [2.24, 2.45) is 5.92 Å². The quantitative estimate of drug-likeness (QED) is 0.101. The smallest absolute Gasteiger partial charge is 0.411 e. The molecule has 5 aromatic rings. The van der Waals surface area contributed by atoms with Gasteiger partial charge in [0.15, 0.2) is 0 Å². The van der Waals surface area contributed by atoms with E-state index in [9.17, 15) is 42.3 Å². The lowest BCUT2D eigenvalue weighted by Gasteiger charge is -2.39. The van der Waals surface area contributed by atoms with Gasteiger partial charge in [-0.15, -0.1) is 0 Å². The SMILES string of the molecule is CC(C)[C@@H](NC(=O)c1cccc([C@@H]2CCCN(C(=O)CN(Cc3ccc(F)cc3F)C(=O)OC(C)(C)C)C2)c1)C(=O)N1CCC(OC2CCN(CC(=O)N3CCN(C(=O)c4cc(Cc5n[nH]c(=O)c6ccccc56)ccc4F)CC3)CC2)CC1. The Labute approximate surface area is 487 Å². The largest absolute Gasteiger partial charge is 0.444 e. The van der Waals surface area contributed by atoms with Crippen LogP contribution in [0.1, 0.15) is 122 Å². The van der Waals surface area contributed by atoms with Gasteiger partial charge >= 0.3 is 6.09 Å². The number of aromatic amines is 1. The van der Waals surface area contributed by atoms with Gasteiger partial charge in [-0.25, -0.2) is 23.1 Å². The van der Waals surface area contributed by atoms with Gasteiger partial charge < -0.3 is 34.4 Å². The lowest BCUT2D eigenvalue weighted by Crippen LogP contribution is -2.54. The van der Waals surface area contributed by atoms with Gasteiger partial charge in [0.1, 0.15) is 35.6 Å². The van der Waals surface area contributed by atoms with Crippen molar-refractivity contribution >= 4 is 46.4 Å². The molecule has 4 aromatic carbocycles. The minimum absolute atomic E-state index is 0.0146. The number of amides is 6. The van der Waals surface area contributed by atoms with Gasteiger partial charge in [0.25, 0.3) is 17.4 Å². The molecular weight excluding hydrogens is 1080 g/mol. The van der Waals surface area contributed by atoms with Gasteiger partial charge in [-0.1, -0.05) is 56.3 Å². The summed E-state index contributed by atoms with van der Waals surface area (Å²) in [6.45, 7) is 12.7. The van der Waals surface area contributed by atoms with Crippen molar-refractivity contribution < 1.29 is 51.4 Å². The van der Waals surface area contributed by atoms with Crippen LogP contribution in [0, 0.1) is 23.4 Å². The maximum Gasteiger partial charge on any atom is 0.411 e. The Balaban J connectivity index is 0.694. The number of hydrogen-bond donors (Lipinski definition) is 2. The number of hydrogen-bond acceptors (Lipinski definition) is 11. The summed E-state index contributed by atoms with van der Waals surface area (Å²) < 4.78 is 55.7. The molecule has 448 valence electrons. The molecule has 0 saturated carbocycles. The van der Waals surface area contributed by atoms with Crippen LogP contribution in [0.15, 0.2) is 89.7 Å². The van der Waals surface area contributed by atoms with Gasteiger partial charge in [-0.05, 0) is 113 Å². The first kappa shape index (κ1) is 60.9. The van der Waals surface area contributed by atoms with E-state index in [1.807, 2.05) is 32.0 Å². The monoisotopic (exact) mass is 1160 g/mol. The van der Waals surface area contributed by atoms with Gasteiger partial charge in [0, 0.05) is 100 Å². The fraction of sp³-hybridized carbons (Fsp3) is 0.492. The number of rotatable bonds is 16. The van der Waals surface area contributed by atoms with Crippen molar-refractivity contribution in [3.8, 4) is 0 Å². The van der Waals surface area contributed by atoms with Crippen LogP contribution in [-0.2, 0) is 36.8 Å². The van der Waals surface area contributed by atoms with Gasteiger partial charge in [0.2, 0.25) is 17.7 Å². The molecular formula is C63H76F3N9O9. The Bertz CT molecular complexity index is 3270. The number of carbonyl (C=O) groups excluding carboxylic acids is 6. The number of halogens is 3. The van der Waals surface area contributed by atoms with Crippen LogP contribution in [0.2, 0.25) is 0 Å². The molecule has 4 saturated heterocycles. The average molecular weight is 1160 g/mol. The molecule has 1 aromatic heterocycles. The number of piperazine rings is 1. The molecule has 2 atom stereocenters. The van der Waals surface area contributed by atoms with Gasteiger partial charge in [-0.2, -0.15) is 5.10 Å². The van der Waals surface area contributed by atoms with E-state index in [0.29, 0.717) is 99.2 Å². The van der Waals surface area contributed by atoms with E-state index < -0.39 is 41.1 Å². The van der Waals surface area contributed by atoms with E-state index in [2.05, 4.69) is 20.4 Å². The van der Waals surface area contributed by atoms with Crippen molar-refractivity contribution in [2.75, 3.05) is 78.5 Å². The standard InChI is InChI=1S/C63H76F3N9O9/c1-40(2)57(67-58(78)43-11-8-10-42(34-43)44-12-9-23-74(36-44)56(77)39-75(62(82)84-63(3,4)5)37-45-16-17-46(64)35-53(45)66)61(81)72-26-21-48(22-27-72)83-47-19-24-70(25-20-47)38-55(76)71-28-30-73(31-29-71)60(80)51-32-41(15-18-52(51)65)33-54-49-13-6-7-14-50(49)59(79)69-68-54/h6-8,10-11,13-18,32,34-35,40,44,47-48,57H,9,12,19-31,33,36-39H2,1-5H3,(H,67,78)(H,69,79)/t44-,57-/m1/s1. The second-order valence-electron chi connectivity index (χ2n) is 23.9. The molecule has 0 unspecified atom stereocenters. The third kappa shape index (κ3) is 15.4. The van der Waals surface area contributed by atoms with Crippen LogP contribution in [0.25, 0.3) is 10.8 Å². The highest BCUT2D eigenvalue weighted by atomic mass is 19.1. The van der Waals surface area contributed by atoms with Crippen LogP contribution < -0.4 is 10.9 Å². The topological polar surface area (TPSA) is 198 Å². The minimum Gasteiger partial charge on any atom is -0.444 e. The summed E-state index contributed by atoms with van der Waals surface area (Å²) in [5.41, 5.74) is 1.30. The summed E-state index contributed by atoms with van der Waals surface area (Å²) in [7, 11) is 0. The van der Waals surface area contributed by atoms with Crippen molar-refractivity contribution in [1.29, 1.82) is 0 Å². The normalized spacial score (nSPS) is 18.0. The summed E-state index contributed by atoms with van der Waals surface area (Å²) in [5, 5.41) is 10.9. The van der Waals surface area contributed by atoms with E-state index in [4.69, 9.17) is 9.47 Å². The van der Waals surface area contributed by atoms with E-state index >= 15 is 4.39 Å². The van der Waals surface area contributed by atoms with Gasteiger partial charge in [0.05, 0.1) is 41.9 Å². The van der Waals surface area contributed by atoms with Crippen molar-refractivity contribution in [1.82, 2.24) is 44.9 Å². The highest BCUT2D eigenvalue weighted by Crippen LogP contribution is 2.30. The number of aromatic nitrogens is 2. The average Bonchev–Trinajstić information content (AvgIpc) is 2.71. The number of nitrogens with zero attached hydrogens (tertiary/aromatic N) is 7. The maximum absolute atomic E-state index is 15.1. The molecule has 84 heavy (non-hydrogen) atoms. The number of carbonyl (C=O) groups is 6. The lowest BCUT2D eigenvalue weighted by molar-refractivity contribution is -0.139. The first-order chi connectivity index (χ1) is 40.2. The summed E-state index contributed by atoms with van der Waals surface area (Å²) in [4.78, 5) is 105. The molecule has 6 amide bonds. The predicted octanol–water partition coefficient (Wildman–Crippen LogP) is 7.29. The third-order valence-electron chi connectivity index (χ3n) is 16.3. The Morgan fingerprint density at radius 2 is 1.42 bits per heavy atom. The number of piperidine rings is 3. The molecule has 4 fully saturated rings. The lowest BCUT2D eigenvalue weighted by atomic mass is 9.89. The van der Waals surface area contributed by atoms with E-state index in [1.165, 1.54) is 18.2 Å². The maximum atomic E-state index is 15.1. The highest BCUT2D eigenvalue weighted by Gasteiger charge is 2.36. The Morgan fingerprint density at radius 3 is 2.11 bits per heavy atom. The highest BCUT2D eigenvalue weighted by molar-refractivity contribution is 5.98. The molecule has 4 aliphatic heterocycles. The fourth-order valence-corrected chi connectivity index (χ4v) is 11.6. The number of fused-ring (bicyclic) bond motifs is 1. The zero-order chi connectivity index (χ0) is 59.8. The number of ether oxygens (including phenoxy) is 2. The number of likely N-dealkylation sites (tertiary alicyclic amines) is 3. The zero-order valence-corrected chi connectivity index (χ0v) is 48.6. The van der Waals surface area contributed by atoms with Crippen LogP contribution in [0.5, 0.6) is 0 Å². The van der Waals surface area contributed by atoms with Gasteiger partial charge in [-0.3, -0.25) is 38.6 Å². The van der Waals surface area contributed by atoms with Crippen LogP contribution >= 0.6 is 0 Å². The summed E-state index contributed by atoms with van der Waals surface area (Å²) in [6, 6.07) is 21.0. The Morgan fingerprint density at radius 1 is 0.726 bits per heavy atom. The minimum atomic E-state index is -0.886. The molecule has 0 spiro atoms. The number of nitrogens with one attached hydrogen (secondary N) is 2. The molecule has 2 N–H and O–H groups in total. The summed E-state index contributed by atoms with van der Waals surface area (Å²) >= 11 is 0. The second-order valence-corrected chi connectivity index (χ2v) is 23.9. The zero-order valence-electron chi connectivity index (χ0n) is 48.6. The van der Waals surface area contributed by atoms with E-state index in [0.717, 1.165) is 41.9 Å². The molecule has 18 nitrogen and oxygen atoms in total. The Kier molecular flexibility index (Phi) is 19.5. The number of benzene rings is 4. The number of H-pyrrole nitrogens is 1. The van der Waals surface area contributed by atoms with Crippen LogP contribution in [-0.4, -0.2) is 178 Å². The van der Waals surface area contributed by atoms with Crippen LogP contribution in [0.3, 0.4) is 0 Å².